The van der Waals surface area contributed by atoms with E-state index in [0.29, 0.717) is 25.1 Å². The number of ether oxygens (including phenoxy) is 2. The van der Waals surface area contributed by atoms with Crippen molar-refractivity contribution < 1.29 is 36.2 Å². The molecular weight excluding hydrogens is 587 g/mol. The molecule has 0 spiro atoms. The van der Waals surface area contributed by atoms with E-state index in [1.54, 1.807) is 26.2 Å². The Morgan fingerprint density at radius 3 is 2.19 bits per heavy atom. The van der Waals surface area contributed by atoms with E-state index in [9.17, 15) is 26.7 Å². The molecule has 0 aliphatic carbocycles. The number of aryl methyl sites for hydroxylation is 2. The van der Waals surface area contributed by atoms with Crippen LogP contribution in [-0.2, 0) is 11.3 Å². The molecule has 0 saturated heterocycles. The van der Waals surface area contributed by atoms with Crippen LogP contribution in [0.5, 0.6) is 11.5 Å². The van der Waals surface area contributed by atoms with Gasteiger partial charge in [-0.15, -0.1) is 0 Å². The third-order valence-corrected chi connectivity index (χ3v) is 8.72. The van der Waals surface area contributed by atoms with E-state index in [0.717, 1.165) is 59.5 Å². The third kappa shape index (κ3) is 9.27. The van der Waals surface area contributed by atoms with Crippen molar-refractivity contribution >= 4 is 28.6 Å². The average Bonchev–Trinajstić information content (AvgIpc) is 3.25. The standard InChI is InChI=1S/C32H41F5N2O3S/c1-23-27-22-26(42-4)15-16-28(27)39(30(23)24-11-13-25(41-3)14-12-24)19-7-5-6-10-29(40)38(2)18-9-21-43-20-8-17-31(33,34)32(35,36)37/h11-16,22H,5-10,17-21H2,1-4H3. The average molecular weight is 629 g/mol. The largest absolute Gasteiger partial charge is 0.497 e. The van der Waals surface area contributed by atoms with Gasteiger partial charge in [0.1, 0.15) is 11.5 Å². The maximum absolute atomic E-state index is 12.9. The summed E-state index contributed by atoms with van der Waals surface area (Å²) in [5.74, 6) is -2.16. The highest BCUT2D eigenvalue weighted by molar-refractivity contribution is 7.99. The predicted octanol–water partition coefficient (Wildman–Crippen LogP) is 8.75. The number of fused-ring (bicyclic) bond motifs is 1. The summed E-state index contributed by atoms with van der Waals surface area (Å²) < 4.78 is 75.7. The number of thioether (sulfide) groups is 1. The lowest BCUT2D eigenvalue weighted by molar-refractivity contribution is -0.284. The predicted molar refractivity (Wildman–Crippen MR) is 163 cm³/mol. The van der Waals surface area contributed by atoms with E-state index in [-0.39, 0.29) is 18.1 Å². The second-order valence-corrected chi connectivity index (χ2v) is 11.9. The van der Waals surface area contributed by atoms with Gasteiger partial charge in [0.05, 0.1) is 19.9 Å². The summed E-state index contributed by atoms with van der Waals surface area (Å²) in [7, 11) is 5.04. The first-order valence-corrected chi connectivity index (χ1v) is 15.6. The summed E-state index contributed by atoms with van der Waals surface area (Å²) in [5.41, 5.74) is 4.55. The first-order chi connectivity index (χ1) is 20.4. The molecule has 2 aromatic carbocycles. The van der Waals surface area contributed by atoms with Gasteiger partial charge >= 0.3 is 12.1 Å². The van der Waals surface area contributed by atoms with Gasteiger partial charge in [0.15, 0.2) is 0 Å². The normalized spacial score (nSPS) is 12.1. The Bertz CT molecular complexity index is 1330. The van der Waals surface area contributed by atoms with Gasteiger partial charge in [0, 0.05) is 43.9 Å². The minimum Gasteiger partial charge on any atom is -0.497 e. The minimum atomic E-state index is -5.49. The molecule has 0 atom stereocenters. The van der Waals surface area contributed by atoms with Gasteiger partial charge in [-0.05, 0) is 97.7 Å². The highest BCUT2D eigenvalue weighted by atomic mass is 32.2. The maximum Gasteiger partial charge on any atom is 0.453 e. The highest BCUT2D eigenvalue weighted by Crippen LogP contribution is 2.39. The number of nitrogens with zero attached hydrogens (tertiary/aromatic N) is 2. The van der Waals surface area contributed by atoms with Gasteiger partial charge in [-0.25, -0.2) is 0 Å². The molecule has 3 rings (SSSR count). The number of alkyl halides is 5. The Morgan fingerprint density at radius 2 is 1.53 bits per heavy atom. The number of rotatable bonds is 17. The van der Waals surface area contributed by atoms with Crippen molar-refractivity contribution in [3.8, 4) is 22.8 Å². The van der Waals surface area contributed by atoms with Crippen LogP contribution < -0.4 is 9.47 Å². The maximum atomic E-state index is 12.9. The Hall–Kier alpha value is -2.95. The molecule has 0 aliphatic rings. The van der Waals surface area contributed by atoms with Crippen LogP contribution in [0.1, 0.15) is 50.5 Å². The molecule has 5 nitrogen and oxygen atoms in total. The zero-order valence-electron chi connectivity index (χ0n) is 25.2. The lowest BCUT2D eigenvalue weighted by Crippen LogP contribution is -2.36. The topological polar surface area (TPSA) is 43.7 Å². The molecule has 0 radical (unpaired) electrons. The number of hydrogen-bond donors (Lipinski definition) is 0. The third-order valence-electron chi connectivity index (χ3n) is 7.56. The van der Waals surface area contributed by atoms with Crippen molar-refractivity contribution in [2.45, 2.75) is 70.5 Å². The second kappa shape index (κ2) is 15.7. The molecule has 1 amide bonds. The van der Waals surface area contributed by atoms with Crippen molar-refractivity contribution in [3.05, 3.63) is 48.0 Å². The van der Waals surface area contributed by atoms with E-state index in [2.05, 4.69) is 35.8 Å². The minimum absolute atomic E-state index is 0.0445. The fourth-order valence-corrected chi connectivity index (χ4v) is 5.95. The smallest absolute Gasteiger partial charge is 0.453 e. The summed E-state index contributed by atoms with van der Waals surface area (Å²) >= 11 is 1.33. The summed E-state index contributed by atoms with van der Waals surface area (Å²) in [6, 6.07) is 14.2. The molecule has 0 bridgehead atoms. The SMILES string of the molecule is COc1ccc(-c2c(C)c3cc(OC)ccc3n2CCCCCC(=O)N(C)CCCSCCCC(F)(F)C(F)(F)F)cc1. The van der Waals surface area contributed by atoms with Crippen LogP contribution in [0.25, 0.3) is 22.2 Å². The molecule has 3 aromatic rings. The fourth-order valence-electron chi connectivity index (χ4n) is 5.06. The molecule has 0 aliphatic heterocycles. The van der Waals surface area contributed by atoms with Crippen molar-refractivity contribution in [1.82, 2.24) is 9.47 Å². The van der Waals surface area contributed by atoms with Gasteiger partial charge in [0.2, 0.25) is 5.91 Å². The quantitative estimate of drug-likeness (QED) is 0.111. The van der Waals surface area contributed by atoms with Crippen molar-refractivity contribution in [2.24, 2.45) is 0 Å². The number of carbonyl (C=O) groups excluding carboxylic acids is 1. The summed E-state index contributed by atoms with van der Waals surface area (Å²) in [5, 5.41) is 1.14. The monoisotopic (exact) mass is 628 g/mol. The van der Waals surface area contributed by atoms with Crippen LogP contribution in [0, 0.1) is 6.92 Å². The van der Waals surface area contributed by atoms with E-state index in [4.69, 9.17) is 9.47 Å². The van der Waals surface area contributed by atoms with Gasteiger partial charge in [-0.3, -0.25) is 4.79 Å². The molecule has 0 N–H and O–H groups in total. The Labute approximate surface area is 254 Å². The van der Waals surface area contributed by atoms with Crippen LogP contribution >= 0.6 is 11.8 Å². The Kier molecular flexibility index (Phi) is 12.6. The van der Waals surface area contributed by atoms with Gasteiger partial charge in [0.25, 0.3) is 0 Å². The number of amides is 1. The molecule has 0 saturated carbocycles. The van der Waals surface area contributed by atoms with Crippen LogP contribution in [0.2, 0.25) is 0 Å². The number of halogens is 5. The number of methoxy groups -OCH3 is 2. The number of hydrogen-bond acceptors (Lipinski definition) is 4. The molecule has 238 valence electrons. The van der Waals surface area contributed by atoms with Gasteiger partial charge in [-0.1, -0.05) is 6.42 Å². The van der Waals surface area contributed by atoms with Gasteiger partial charge < -0.3 is 18.9 Å². The Balaban J connectivity index is 1.45. The number of aromatic nitrogens is 1. The fraction of sp³-hybridized carbons (Fsp3) is 0.531. The van der Waals surface area contributed by atoms with Crippen molar-refractivity contribution in [2.75, 3.05) is 39.3 Å². The van der Waals surface area contributed by atoms with Crippen LogP contribution in [0.3, 0.4) is 0 Å². The summed E-state index contributed by atoms with van der Waals surface area (Å²) in [6.07, 6.45) is -3.26. The second-order valence-electron chi connectivity index (χ2n) is 10.6. The zero-order valence-corrected chi connectivity index (χ0v) is 26.1. The van der Waals surface area contributed by atoms with Crippen molar-refractivity contribution in [1.29, 1.82) is 0 Å². The van der Waals surface area contributed by atoms with E-state index < -0.39 is 18.5 Å². The summed E-state index contributed by atoms with van der Waals surface area (Å²) in [4.78, 5) is 14.2. The summed E-state index contributed by atoms with van der Waals surface area (Å²) in [6.45, 7) is 3.44. The van der Waals surface area contributed by atoms with Crippen LogP contribution in [0.15, 0.2) is 42.5 Å². The number of carbonyl (C=O) groups is 1. The van der Waals surface area contributed by atoms with Gasteiger partial charge in [-0.2, -0.15) is 33.7 Å². The Morgan fingerprint density at radius 1 is 0.884 bits per heavy atom. The first-order valence-electron chi connectivity index (χ1n) is 14.5. The van der Waals surface area contributed by atoms with E-state index in [1.807, 2.05) is 18.2 Å². The molecule has 0 unspecified atom stereocenters. The zero-order chi connectivity index (χ0) is 31.6. The molecule has 43 heavy (non-hydrogen) atoms. The van der Waals surface area contributed by atoms with E-state index in [1.165, 1.54) is 17.3 Å². The lowest BCUT2D eigenvalue weighted by atomic mass is 10.1. The van der Waals surface area contributed by atoms with Crippen molar-refractivity contribution in [3.63, 3.8) is 0 Å². The molecule has 11 heteroatoms. The first kappa shape index (κ1) is 34.5. The van der Waals surface area contributed by atoms with Crippen LogP contribution in [0.4, 0.5) is 22.0 Å². The van der Waals surface area contributed by atoms with E-state index >= 15 is 0 Å². The number of unbranched alkanes of at least 4 members (excludes halogenated alkanes) is 2. The number of benzene rings is 2. The molecule has 0 fully saturated rings. The molecule has 1 heterocycles. The lowest BCUT2D eigenvalue weighted by Gasteiger charge is -2.19. The molecule has 1 aromatic heterocycles. The highest BCUT2D eigenvalue weighted by Gasteiger charge is 2.56. The molecular formula is C32H41F5N2O3S. The van der Waals surface area contributed by atoms with Crippen LogP contribution in [-0.4, -0.2) is 66.8 Å².